The number of nitrogens with zero attached hydrogens (tertiary/aromatic N) is 1. The van der Waals surface area contributed by atoms with Crippen LogP contribution < -0.4 is 20.8 Å². The number of carbonyl (C=O) groups is 3. The molecule has 3 amide bonds. The smallest absolute Gasteiger partial charge is 0.329 e. The van der Waals surface area contributed by atoms with Crippen molar-refractivity contribution in [3.05, 3.63) is 82.7 Å². The Kier molecular flexibility index (Phi) is 8.15. The number of hydrazone groups is 1. The molecule has 164 valence electrons. The second-order valence-electron chi connectivity index (χ2n) is 6.35. The standard InChI is InChI=1S/C22H19BrN4O5/c23-18-5-1-2-6-19(18)26-21(29)22(30)27-25-12-15-7-9-16(10-8-15)32-14-20(28)24-13-17-4-3-11-31-17/h1-12H,13-14H2,(H,24,28)(H,26,29)(H,27,30)/b25-12+. The number of hydrogen-bond acceptors (Lipinski definition) is 6. The SMILES string of the molecule is O=C(COc1ccc(/C=N/NC(=O)C(=O)Nc2ccccc2Br)cc1)NCc1ccco1. The van der Waals surface area contributed by atoms with E-state index < -0.39 is 11.8 Å². The molecular formula is C22H19BrN4O5. The molecule has 0 saturated heterocycles. The maximum atomic E-state index is 11.9. The predicted octanol–water partition coefficient (Wildman–Crippen LogP) is 2.83. The molecule has 3 aromatic rings. The fraction of sp³-hybridized carbons (Fsp3) is 0.0909. The minimum absolute atomic E-state index is 0.142. The molecule has 0 radical (unpaired) electrons. The summed E-state index contributed by atoms with van der Waals surface area (Å²) in [6.45, 7) is 0.147. The summed E-state index contributed by atoms with van der Waals surface area (Å²) in [4.78, 5) is 35.6. The van der Waals surface area contributed by atoms with Crippen molar-refractivity contribution in [2.45, 2.75) is 6.54 Å². The Morgan fingerprint density at radius 3 is 2.50 bits per heavy atom. The first-order valence-electron chi connectivity index (χ1n) is 9.42. The van der Waals surface area contributed by atoms with Gasteiger partial charge in [-0.15, -0.1) is 0 Å². The first-order valence-corrected chi connectivity index (χ1v) is 10.2. The van der Waals surface area contributed by atoms with Gasteiger partial charge in [0.2, 0.25) is 0 Å². The monoisotopic (exact) mass is 498 g/mol. The van der Waals surface area contributed by atoms with Crippen LogP contribution in [0.15, 0.2) is 80.9 Å². The Bertz CT molecular complexity index is 1100. The number of carbonyl (C=O) groups excluding carboxylic acids is 3. The van der Waals surface area contributed by atoms with Crippen molar-refractivity contribution in [1.29, 1.82) is 0 Å². The highest BCUT2D eigenvalue weighted by molar-refractivity contribution is 9.10. The summed E-state index contributed by atoms with van der Waals surface area (Å²) in [5.41, 5.74) is 3.29. The van der Waals surface area contributed by atoms with Crippen molar-refractivity contribution >= 4 is 45.6 Å². The average Bonchev–Trinajstić information content (AvgIpc) is 3.32. The van der Waals surface area contributed by atoms with Gasteiger partial charge in [0.15, 0.2) is 6.61 Å². The number of hydrogen-bond donors (Lipinski definition) is 3. The van der Waals surface area contributed by atoms with Gasteiger partial charge in [0.05, 0.1) is 24.7 Å². The van der Waals surface area contributed by atoms with Crippen molar-refractivity contribution in [1.82, 2.24) is 10.7 Å². The van der Waals surface area contributed by atoms with E-state index >= 15 is 0 Å². The van der Waals surface area contributed by atoms with Gasteiger partial charge in [0, 0.05) is 4.47 Å². The Labute approximate surface area is 192 Å². The fourth-order valence-corrected chi connectivity index (χ4v) is 2.79. The number of benzene rings is 2. The lowest BCUT2D eigenvalue weighted by atomic mass is 10.2. The number of furan rings is 1. The largest absolute Gasteiger partial charge is 0.484 e. The molecule has 0 saturated carbocycles. The maximum Gasteiger partial charge on any atom is 0.329 e. The average molecular weight is 499 g/mol. The Morgan fingerprint density at radius 1 is 1.00 bits per heavy atom. The fourth-order valence-electron chi connectivity index (χ4n) is 2.41. The van der Waals surface area contributed by atoms with Crippen LogP contribution in [0.2, 0.25) is 0 Å². The zero-order valence-corrected chi connectivity index (χ0v) is 18.3. The van der Waals surface area contributed by atoms with Crippen molar-refractivity contribution in [3.8, 4) is 5.75 Å². The van der Waals surface area contributed by atoms with E-state index in [9.17, 15) is 14.4 Å². The number of ether oxygens (including phenoxy) is 1. The number of amides is 3. The number of rotatable bonds is 8. The minimum atomic E-state index is -0.905. The summed E-state index contributed by atoms with van der Waals surface area (Å²) >= 11 is 3.29. The van der Waals surface area contributed by atoms with E-state index in [0.29, 0.717) is 27.2 Å². The molecule has 32 heavy (non-hydrogen) atoms. The molecule has 0 unspecified atom stereocenters. The molecule has 0 spiro atoms. The molecule has 0 atom stereocenters. The minimum Gasteiger partial charge on any atom is -0.484 e. The van der Waals surface area contributed by atoms with E-state index in [1.165, 1.54) is 12.5 Å². The molecule has 3 rings (SSSR count). The zero-order chi connectivity index (χ0) is 22.8. The van der Waals surface area contributed by atoms with Crippen molar-refractivity contribution in [3.63, 3.8) is 0 Å². The van der Waals surface area contributed by atoms with Gasteiger partial charge in [0.25, 0.3) is 5.91 Å². The van der Waals surface area contributed by atoms with Crippen LogP contribution >= 0.6 is 15.9 Å². The van der Waals surface area contributed by atoms with Crippen LogP contribution in [-0.2, 0) is 20.9 Å². The molecule has 1 aromatic heterocycles. The van der Waals surface area contributed by atoms with Gasteiger partial charge in [-0.05, 0) is 70.0 Å². The van der Waals surface area contributed by atoms with Crippen molar-refractivity contribution in [2.75, 3.05) is 11.9 Å². The highest BCUT2D eigenvalue weighted by Gasteiger charge is 2.14. The molecule has 1 heterocycles. The summed E-state index contributed by atoms with van der Waals surface area (Å²) in [7, 11) is 0. The molecule has 0 bridgehead atoms. The van der Waals surface area contributed by atoms with E-state index in [-0.39, 0.29) is 19.1 Å². The van der Waals surface area contributed by atoms with Gasteiger partial charge in [-0.1, -0.05) is 12.1 Å². The molecule has 2 aromatic carbocycles. The third-order valence-corrected chi connectivity index (χ3v) is 4.69. The molecule has 10 heteroatoms. The highest BCUT2D eigenvalue weighted by Crippen LogP contribution is 2.20. The number of anilines is 1. The van der Waals surface area contributed by atoms with Gasteiger partial charge in [-0.3, -0.25) is 14.4 Å². The van der Waals surface area contributed by atoms with Gasteiger partial charge in [0.1, 0.15) is 11.5 Å². The summed E-state index contributed by atoms with van der Waals surface area (Å²) < 4.78 is 11.2. The summed E-state index contributed by atoms with van der Waals surface area (Å²) in [6, 6.07) is 17.1. The van der Waals surface area contributed by atoms with Gasteiger partial charge < -0.3 is 19.8 Å². The molecule has 0 aliphatic carbocycles. The molecule has 9 nitrogen and oxygen atoms in total. The summed E-state index contributed by atoms with van der Waals surface area (Å²) in [6.07, 6.45) is 2.91. The number of halogens is 1. The van der Waals surface area contributed by atoms with Crippen molar-refractivity contribution in [2.24, 2.45) is 5.10 Å². The summed E-state index contributed by atoms with van der Waals surface area (Å²) in [5.74, 6) is -0.886. The van der Waals surface area contributed by atoms with Gasteiger partial charge in [-0.25, -0.2) is 5.43 Å². The lowest BCUT2D eigenvalue weighted by Gasteiger charge is -2.07. The van der Waals surface area contributed by atoms with E-state index in [1.54, 1.807) is 60.7 Å². The topological polar surface area (TPSA) is 122 Å². The second kappa shape index (κ2) is 11.5. The first kappa shape index (κ1) is 22.8. The lowest BCUT2D eigenvalue weighted by Crippen LogP contribution is -2.32. The Hall–Kier alpha value is -3.92. The second-order valence-corrected chi connectivity index (χ2v) is 7.20. The highest BCUT2D eigenvalue weighted by atomic mass is 79.9. The Morgan fingerprint density at radius 2 is 1.78 bits per heavy atom. The van der Waals surface area contributed by atoms with Crippen molar-refractivity contribution < 1.29 is 23.5 Å². The van der Waals surface area contributed by atoms with Crippen LogP contribution in [0.1, 0.15) is 11.3 Å². The van der Waals surface area contributed by atoms with E-state index in [0.717, 1.165) is 0 Å². The van der Waals surface area contributed by atoms with Crippen LogP contribution in [0.5, 0.6) is 5.75 Å². The molecule has 0 aliphatic rings. The molecule has 0 aliphatic heterocycles. The van der Waals surface area contributed by atoms with Crippen LogP contribution in [0.25, 0.3) is 0 Å². The van der Waals surface area contributed by atoms with Crippen LogP contribution in [0, 0.1) is 0 Å². The van der Waals surface area contributed by atoms with E-state index in [1.807, 2.05) is 0 Å². The number of nitrogens with one attached hydrogen (secondary N) is 3. The number of para-hydroxylation sites is 1. The zero-order valence-electron chi connectivity index (χ0n) is 16.7. The maximum absolute atomic E-state index is 11.9. The Balaban J connectivity index is 1.40. The first-order chi connectivity index (χ1) is 15.5. The van der Waals surface area contributed by atoms with Gasteiger partial charge in [-0.2, -0.15) is 5.10 Å². The van der Waals surface area contributed by atoms with Gasteiger partial charge >= 0.3 is 11.8 Å². The van der Waals surface area contributed by atoms with Crippen LogP contribution in [0.4, 0.5) is 5.69 Å². The lowest BCUT2D eigenvalue weighted by molar-refractivity contribution is -0.136. The summed E-state index contributed by atoms with van der Waals surface area (Å²) in [5, 5.41) is 8.93. The van der Waals surface area contributed by atoms with Crippen LogP contribution in [-0.4, -0.2) is 30.5 Å². The normalized spacial score (nSPS) is 10.5. The van der Waals surface area contributed by atoms with Crippen LogP contribution in [0.3, 0.4) is 0 Å². The molecular weight excluding hydrogens is 480 g/mol. The third kappa shape index (κ3) is 7.10. The van der Waals surface area contributed by atoms with E-state index in [4.69, 9.17) is 9.15 Å². The quantitative estimate of drug-likeness (QED) is 0.250. The predicted molar refractivity (Wildman–Crippen MR) is 121 cm³/mol. The third-order valence-electron chi connectivity index (χ3n) is 4.00. The molecule has 0 fully saturated rings. The van der Waals surface area contributed by atoms with E-state index in [2.05, 4.69) is 37.1 Å². The molecule has 3 N–H and O–H groups in total.